The minimum atomic E-state index is -1.55. The number of hydrogen-bond acceptors (Lipinski definition) is 13. The number of ether oxygens (including phenoxy) is 5. The van der Waals surface area contributed by atoms with Gasteiger partial charge >= 0.3 is 0 Å². The molecule has 0 spiro atoms. The predicted molar refractivity (Wildman–Crippen MR) is 280 cm³/mol. The minimum absolute atomic E-state index is 0.0140. The van der Waals surface area contributed by atoms with Gasteiger partial charge in [0.2, 0.25) is 18.5 Å². The van der Waals surface area contributed by atoms with Gasteiger partial charge in [-0.25, -0.2) is 0 Å². The van der Waals surface area contributed by atoms with Crippen molar-refractivity contribution in [1.82, 2.24) is 4.90 Å². The van der Waals surface area contributed by atoms with E-state index in [1.807, 2.05) is 91.2 Å². The molecule has 0 aromatic heterocycles. The number of unbranched alkanes of at least 4 members (excludes halogenated alkanes) is 2. The zero-order chi connectivity index (χ0) is 50.7. The maximum Gasteiger partial charge on any atom is 0.269 e. The van der Waals surface area contributed by atoms with Gasteiger partial charge in [-0.2, -0.15) is 0 Å². The lowest BCUT2D eigenvalue weighted by Crippen LogP contribution is -2.70. The molecule has 9 rings (SSSR count). The van der Waals surface area contributed by atoms with Crippen LogP contribution in [0.2, 0.25) is 0 Å². The van der Waals surface area contributed by atoms with Gasteiger partial charge in [0.1, 0.15) is 29.9 Å². The highest BCUT2D eigenvalue weighted by molar-refractivity contribution is 7.98. The van der Waals surface area contributed by atoms with Crippen molar-refractivity contribution < 1.29 is 48.5 Å². The number of hydrogen-bond donors (Lipinski definition) is 2. The molecule has 0 radical (unpaired) electrons. The van der Waals surface area contributed by atoms with Crippen LogP contribution in [0.15, 0.2) is 156 Å². The summed E-state index contributed by atoms with van der Waals surface area (Å²) in [6, 6.07) is 34.4. The molecule has 4 aliphatic rings. The molecule has 0 saturated heterocycles. The average Bonchev–Trinajstić information content (AvgIpc) is 3.90. The second kappa shape index (κ2) is 23.8. The number of aliphatic hydroxyl groups is 2. The van der Waals surface area contributed by atoms with Crippen LogP contribution in [0.1, 0.15) is 73.1 Å². The molecule has 1 saturated carbocycles. The van der Waals surface area contributed by atoms with Crippen molar-refractivity contribution in [3.63, 3.8) is 0 Å². The molecule has 6 unspecified atom stereocenters. The van der Waals surface area contributed by atoms with Gasteiger partial charge in [0, 0.05) is 60.8 Å². The van der Waals surface area contributed by atoms with Crippen molar-refractivity contribution in [2.24, 2.45) is 22.9 Å². The molecular formula is C58H61N3O11S. The molecule has 14 nitrogen and oxygen atoms in total. The van der Waals surface area contributed by atoms with Gasteiger partial charge in [-0.05, 0) is 139 Å². The summed E-state index contributed by atoms with van der Waals surface area (Å²) in [6.45, 7) is 4.65. The Kier molecular flexibility index (Phi) is 16.6. The molecule has 1 amide bonds. The summed E-state index contributed by atoms with van der Waals surface area (Å²) in [4.78, 5) is 35.7. The number of nitro benzene ring substituents is 1. The molecule has 6 atom stereocenters. The predicted octanol–water partition coefficient (Wildman–Crippen LogP) is 11.4. The number of aliphatic hydroxyl groups excluding tert-OH is 2. The van der Waals surface area contributed by atoms with E-state index in [4.69, 9.17) is 33.7 Å². The van der Waals surface area contributed by atoms with Crippen LogP contribution in [0.25, 0.3) is 6.08 Å². The summed E-state index contributed by atoms with van der Waals surface area (Å²) in [7, 11) is 0. The van der Waals surface area contributed by atoms with Gasteiger partial charge < -0.3 is 43.6 Å². The number of fused-ring (bicyclic) bond motifs is 3. The largest absolute Gasteiger partial charge is 0.459 e. The summed E-state index contributed by atoms with van der Waals surface area (Å²) >= 11 is 1.66. The monoisotopic (exact) mass is 1010 g/mol. The Hall–Kier alpha value is -6.91. The van der Waals surface area contributed by atoms with Crippen LogP contribution in [-0.4, -0.2) is 76.4 Å². The molecule has 2 N–H and O–H groups in total. The molecule has 0 bridgehead atoms. The number of nitrogens with zero attached hydrogens (tertiary/aromatic N) is 3. The van der Waals surface area contributed by atoms with E-state index in [2.05, 4.69) is 18.7 Å². The van der Waals surface area contributed by atoms with Crippen LogP contribution in [0.4, 0.5) is 5.69 Å². The molecule has 2 heterocycles. The number of amides is 1. The van der Waals surface area contributed by atoms with E-state index in [1.165, 1.54) is 18.2 Å². The Morgan fingerprint density at radius 1 is 0.890 bits per heavy atom. The standard InChI is InChI=1S/C58H61N3O11S/c1-3-31-69-58-54(60(36-41-17-26-52-53(32-41)68-38-67-52)55(64)28-18-39-15-19-43(20-16-39)61(65)66)35-50(59-70-37-40-11-5-4-6-12-40)48-33-42(13-7-9-29-62)47(14-8-10-30-63)56(57(48)58)49-34-45(23-27-51(49)72-58)71-44-21-24-46(73-2)25-22-44/h3-6,11-12,15-28,32-34,42,47,54,56-57,62-63H,1,7-10,13-14,29-31,35-38H2,2H3. The van der Waals surface area contributed by atoms with E-state index in [9.17, 15) is 20.3 Å². The van der Waals surface area contributed by atoms with Crippen LogP contribution in [0, 0.1) is 27.9 Å². The summed E-state index contributed by atoms with van der Waals surface area (Å²) in [5, 5.41) is 36.7. The summed E-state index contributed by atoms with van der Waals surface area (Å²) in [5.74, 6) is 0.248. The van der Waals surface area contributed by atoms with Crippen molar-refractivity contribution in [2.75, 3.05) is 32.9 Å². The first-order valence-corrected chi connectivity index (χ1v) is 26.1. The Labute approximate surface area is 430 Å². The minimum Gasteiger partial charge on any atom is -0.459 e. The summed E-state index contributed by atoms with van der Waals surface area (Å²) in [5.41, 5.74) is 4.69. The third-order valence-corrected chi connectivity index (χ3v) is 14.9. The number of thioether (sulfide) groups is 1. The van der Waals surface area contributed by atoms with Crippen molar-refractivity contribution in [2.45, 2.75) is 80.7 Å². The van der Waals surface area contributed by atoms with E-state index in [0.717, 1.165) is 52.8 Å². The van der Waals surface area contributed by atoms with E-state index in [1.54, 1.807) is 40.9 Å². The Bertz CT molecular complexity index is 2820. The van der Waals surface area contributed by atoms with Gasteiger partial charge in [-0.1, -0.05) is 66.5 Å². The third kappa shape index (κ3) is 11.5. The number of rotatable bonds is 23. The van der Waals surface area contributed by atoms with Crippen LogP contribution >= 0.6 is 11.8 Å². The smallest absolute Gasteiger partial charge is 0.269 e. The van der Waals surface area contributed by atoms with Crippen LogP contribution < -0.4 is 18.9 Å². The normalized spacial score (nSPS) is 21.9. The lowest BCUT2D eigenvalue weighted by atomic mass is 9.55. The molecule has 5 aromatic carbocycles. The molecular weight excluding hydrogens is 947 g/mol. The Balaban J connectivity index is 1.24. The number of allylic oxidation sites excluding steroid dienone is 1. The first-order valence-electron chi connectivity index (χ1n) is 24.9. The van der Waals surface area contributed by atoms with Gasteiger partial charge in [-0.15, -0.1) is 18.3 Å². The van der Waals surface area contributed by atoms with Crippen LogP contribution in [0.5, 0.6) is 28.7 Å². The fourth-order valence-corrected chi connectivity index (χ4v) is 11.2. The lowest BCUT2D eigenvalue weighted by molar-refractivity contribution is -0.384. The van der Waals surface area contributed by atoms with Crippen LogP contribution in [-0.2, 0) is 27.5 Å². The molecule has 15 heteroatoms. The quantitative estimate of drug-likeness (QED) is 0.0159. The lowest BCUT2D eigenvalue weighted by Gasteiger charge is -2.60. The fourth-order valence-electron chi connectivity index (χ4n) is 10.8. The average molecular weight is 1010 g/mol. The zero-order valence-electron chi connectivity index (χ0n) is 40.9. The van der Waals surface area contributed by atoms with E-state index < -0.39 is 22.7 Å². The van der Waals surface area contributed by atoms with Crippen molar-refractivity contribution in [3.8, 4) is 28.7 Å². The van der Waals surface area contributed by atoms with Crippen LogP contribution in [0.3, 0.4) is 0 Å². The van der Waals surface area contributed by atoms with E-state index in [0.29, 0.717) is 52.9 Å². The van der Waals surface area contributed by atoms with Crippen molar-refractivity contribution in [1.29, 1.82) is 0 Å². The number of oxime groups is 1. The number of nitro groups is 1. The maximum atomic E-state index is 15.4. The van der Waals surface area contributed by atoms with Gasteiger partial charge in [0.15, 0.2) is 11.5 Å². The number of non-ortho nitro benzene ring substituents is 1. The SMILES string of the molecule is C=CCOC12Oc3ccc(Oc4ccc(SC)cc4)cc3C3C(CCCCO)C(CCCCO)C=C(C(=NOCc4ccccc4)CC1N(Cc1ccc4c(c1)OCO4)C(=O)C=Cc1ccc([N+](=O)[O-])cc1)C32. The molecule has 73 heavy (non-hydrogen) atoms. The molecule has 380 valence electrons. The van der Waals surface area contributed by atoms with Gasteiger partial charge in [0.05, 0.1) is 23.2 Å². The first kappa shape index (κ1) is 51.0. The van der Waals surface area contributed by atoms with Crippen molar-refractivity contribution >= 4 is 35.1 Å². The highest BCUT2D eigenvalue weighted by Crippen LogP contribution is 2.62. The first-order chi connectivity index (χ1) is 35.7. The maximum absolute atomic E-state index is 15.4. The van der Waals surface area contributed by atoms with E-state index >= 15 is 4.79 Å². The summed E-state index contributed by atoms with van der Waals surface area (Å²) < 4.78 is 32.9. The second-order valence-corrected chi connectivity index (χ2v) is 19.5. The second-order valence-electron chi connectivity index (χ2n) is 18.6. The Morgan fingerprint density at radius 3 is 2.37 bits per heavy atom. The zero-order valence-corrected chi connectivity index (χ0v) is 41.7. The van der Waals surface area contributed by atoms with Gasteiger partial charge in [0.25, 0.3) is 5.69 Å². The number of carbonyl (C=O) groups is 1. The number of carbonyl (C=O) groups excluding carboxylic acids is 1. The fraction of sp³-hybridized carbons (Fsp3) is 0.345. The summed E-state index contributed by atoms with van der Waals surface area (Å²) in [6.07, 6.45) is 13.7. The van der Waals surface area contributed by atoms with E-state index in [-0.39, 0.29) is 75.5 Å². The number of benzene rings is 5. The van der Waals surface area contributed by atoms with Gasteiger partial charge in [-0.3, -0.25) is 14.9 Å². The van der Waals surface area contributed by atoms with Crippen molar-refractivity contribution in [3.05, 3.63) is 178 Å². The molecule has 2 aliphatic heterocycles. The Morgan fingerprint density at radius 2 is 1.63 bits per heavy atom. The third-order valence-electron chi connectivity index (χ3n) is 14.2. The molecule has 2 aliphatic carbocycles. The molecule has 5 aromatic rings. The highest BCUT2D eigenvalue weighted by atomic mass is 32.2. The molecule has 1 fully saturated rings. The highest BCUT2D eigenvalue weighted by Gasteiger charge is 2.65. The topological polar surface area (TPSA) is 172 Å².